The molecule has 1 aliphatic heterocycles. The topological polar surface area (TPSA) is 44.8 Å². The second-order valence-electron chi connectivity index (χ2n) is 5.56. The van der Waals surface area contributed by atoms with Gasteiger partial charge < -0.3 is 19.9 Å². The lowest BCUT2D eigenvalue weighted by Crippen LogP contribution is -2.50. The third-order valence-corrected chi connectivity index (χ3v) is 4.44. The molecule has 0 bridgehead atoms. The van der Waals surface area contributed by atoms with Gasteiger partial charge in [-0.25, -0.2) is 4.79 Å². The molecule has 2 aromatic rings. The minimum atomic E-state index is -0.122. The molecule has 0 unspecified atom stereocenters. The number of para-hydroxylation sites is 3. The maximum atomic E-state index is 12.4. The van der Waals surface area contributed by atoms with Gasteiger partial charge in [0, 0.05) is 26.2 Å². The van der Waals surface area contributed by atoms with E-state index in [1.165, 1.54) is 0 Å². The number of carbonyl (C=O) groups is 1. The van der Waals surface area contributed by atoms with Crippen molar-refractivity contribution in [1.29, 1.82) is 0 Å². The van der Waals surface area contributed by atoms with Gasteiger partial charge in [0.1, 0.15) is 5.75 Å². The summed E-state index contributed by atoms with van der Waals surface area (Å²) in [6.45, 7) is 2.81. The number of halogens is 1. The molecule has 0 radical (unpaired) electrons. The predicted octanol–water partition coefficient (Wildman–Crippen LogP) is 3.70. The summed E-state index contributed by atoms with van der Waals surface area (Å²) >= 11 is 6.09. The fraction of sp³-hybridized carbons (Fsp3) is 0.278. The van der Waals surface area contributed by atoms with Crippen molar-refractivity contribution >= 4 is 29.0 Å². The van der Waals surface area contributed by atoms with Crippen molar-refractivity contribution in [2.24, 2.45) is 0 Å². The lowest BCUT2D eigenvalue weighted by atomic mass is 10.2. The monoisotopic (exact) mass is 345 g/mol. The molecule has 2 aromatic carbocycles. The Morgan fingerprint density at radius 2 is 1.71 bits per heavy atom. The third-order valence-electron chi connectivity index (χ3n) is 4.11. The molecule has 5 nitrogen and oxygen atoms in total. The Morgan fingerprint density at radius 3 is 2.42 bits per heavy atom. The van der Waals surface area contributed by atoms with Gasteiger partial charge in [-0.3, -0.25) is 0 Å². The third kappa shape index (κ3) is 3.57. The molecule has 6 heteroatoms. The summed E-state index contributed by atoms with van der Waals surface area (Å²) < 4.78 is 5.42. The molecule has 0 aliphatic carbocycles. The van der Waals surface area contributed by atoms with Crippen LogP contribution in [0.2, 0.25) is 5.02 Å². The zero-order valence-electron chi connectivity index (χ0n) is 13.5. The van der Waals surface area contributed by atoms with E-state index in [-0.39, 0.29) is 6.03 Å². The van der Waals surface area contributed by atoms with Crippen molar-refractivity contribution in [1.82, 2.24) is 4.90 Å². The van der Waals surface area contributed by atoms with Crippen LogP contribution in [0.4, 0.5) is 16.2 Å². The lowest BCUT2D eigenvalue weighted by molar-refractivity contribution is 0.208. The van der Waals surface area contributed by atoms with Gasteiger partial charge in [0.15, 0.2) is 0 Å². The first-order valence-electron chi connectivity index (χ1n) is 7.87. The Bertz CT molecular complexity index is 715. The standard InChI is InChI=1S/C18H20ClN3O2/c1-24-17-9-5-4-8-16(17)21-10-12-22(13-11-21)18(23)20-15-7-3-2-6-14(15)19/h2-9H,10-13H2,1H3,(H,20,23). The van der Waals surface area contributed by atoms with Crippen LogP contribution in [0.5, 0.6) is 5.75 Å². The number of benzene rings is 2. The Balaban J connectivity index is 1.61. The van der Waals surface area contributed by atoms with E-state index in [4.69, 9.17) is 16.3 Å². The second-order valence-corrected chi connectivity index (χ2v) is 5.96. The molecule has 0 spiro atoms. The summed E-state index contributed by atoms with van der Waals surface area (Å²) in [5.41, 5.74) is 1.70. The molecule has 1 heterocycles. The van der Waals surface area contributed by atoms with Crippen LogP contribution in [-0.2, 0) is 0 Å². The smallest absolute Gasteiger partial charge is 0.322 e. The van der Waals surface area contributed by atoms with E-state index < -0.39 is 0 Å². The summed E-state index contributed by atoms with van der Waals surface area (Å²) in [7, 11) is 1.67. The number of hydrogen-bond acceptors (Lipinski definition) is 3. The highest BCUT2D eigenvalue weighted by Gasteiger charge is 2.23. The number of nitrogens with zero attached hydrogens (tertiary/aromatic N) is 2. The molecule has 1 fully saturated rings. The summed E-state index contributed by atoms with van der Waals surface area (Å²) in [5, 5.41) is 3.41. The van der Waals surface area contributed by atoms with Gasteiger partial charge in [0.25, 0.3) is 0 Å². The van der Waals surface area contributed by atoms with Crippen LogP contribution in [0.25, 0.3) is 0 Å². The van der Waals surface area contributed by atoms with Crippen LogP contribution in [0.15, 0.2) is 48.5 Å². The number of methoxy groups -OCH3 is 1. The summed E-state index contributed by atoms with van der Waals surface area (Å²) in [4.78, 5) is 16.4. The largest absolute Gasteiger partial charge is 0.495 e. The number of carbonyl (C=O) groups excluding carboxylic acids is 1. The number of hydrogen-bond donors (Lipinski definition) is 1. The molecule has 3 rings (SSSR count). The van der Waals surface area contributed by atoms with E-state index in [1.807, 2.05) is 36.4 Å². The molecule has 1 N–H and O–H groups in total. The van der Waals surface area contributed by atoms with E-state index in [0.717, 1.165) is 24.5 Å². The number of ether oxygens (including phenoxy) is 1. The van der Waals surface area contributed by atoms with E-state index in [1.54, 1.807) is 24.1 Å². The molecule has 126 valence electrons. The average Bonchev–Trinajstić information content (AvgIpc) is 2.63. The first kappa shape index (κ1) is 16.5. The van der Waals surface area contributed by atoms with Crippen LogP contribution < -0.4 is 15.0 Å². The molecule has 1 aliphatic rings. The summed E-state index contributed by atoms with van der Waals surface area (Å²) in [5.74, 6) is 0.853. The molecule has 1 saturated heterocycles. The summed E-state index contributed by atoms with van der Waals surface area (Å²) in [6, 6.07) is 15.1. The number of piperazine rings is 1. The Kier molecular flexibility index (Phi) is 5.11. The lowest BCUT2D eigenvalue weighted by Gasteiger charge is -2.36. The molecule has 24 heavy (non-hydrogen) atoms. The minimum absolute atomic E-state index is 0.122. The van der Waals surface area contributed by atoms with Crippen LogP contribution in [0, 0.1) is 0 Å². The van der Waals surface area contributed by atoms with E-state index in [0.29, 0.717) is 23.8 Å². The normalized spacial score (nSPS) is 14.4. The fourth-order valence-electron chi connectivity index (χ4n) is 2.80. The number of amides is 2. The number of anilines is 2. The highest BCUT2D eigenvalue weighted by Crippen LogP contribution is 2.28. The maximum Gasteiger partial charge on any atom is 0.322 e. The van der Waals surface area contributed by atoms with Crippen LogP contribution in [-0.4, -0.2) is 44.2 Å². The predicted molar refractivity (Wildman–Crippen MR) is 97.3 cm³/mol. The van der Waals surface area contributed by atoms with Crippen LogP contribution in [0.1, 0.15) is 0 Å². The van der Waals surface area contributed by atoms with Gasteiger partial charge in [-0.15, -0.1) is 0 Å². The molecular formula is C18H20ClN3O2. The van der Waals surface area contributed by atoms with Gasteiger partial charge in [-0.05, 0) is 24.3 Å². The Labute approximate surface area is 146 Å². The van der Waals surface area contributed by atoms with Gasteiger partial charge in [-0.2, -0.15) is 0 Å². The Hall–Kier alpha value is -2.40. The zero-order chi connectivity index (χ0) is 16.9. The van der Waals surface area contributed by atoms with E-state index >= 15 is 0 Å². The van der Waals surface area contributed by atoms with Crippen molar-refractivity contribution in [2.75, 3.05) is 43.5 Å². The quantitative estimate of drug-likeness (QED) is 0.922. The molecule has 2 amide bonds. The van der Waals surface area contributed by atoms with E-state index in [2.05, 4.69) is 10.2 Å². The molecule has 0 atom stereocenters. The first-order chi connectivity index (χ1) is 11.7. The number of urea groups is 1. The molecule has 0 aromatic heterocycles. The maximum absolute atomic E-state index is 12.4. The highest BCUT2D eigenvalue weighted by atomic mass is 35.5. The number of nitrogens with one attached hydrogen (secondary N) is 1. The van der Waals surface area contributed by atoms with Gasteiger partial charge in [0.2, 0.25) is 0 Å². The fourth-order valence-corrected chi connectivity index (χ4v) is 2.98. The van der Waals surface area contributed by atoms with Crippen molar-refractivity contribution in [3.63, 3.8) is 0 Å². The first-order valence-corrected chi connectivity index (χ1v) is 8.25. The van der Waals surface area contributed by atoms with Crippen molar-refractivity contribution in [3.05, 3.63) is 53.6 Å². The van der Waals surface area contributed by atoms with Crippen molar-refractivity contribution < 1.29 is 9.53 Å². The van der Waals surface area contributed by atoms with Crippen LogP contribution >= 0.6 is 11.6 Å². The number of rotatable bonds is 3. The average molecular weight is 346 g/mol. The molecule has 0 saturated carbocycles. The van der Waals surface area contributed by atoms with Crippen LogP contribution in [0.3, 0.4) is 0 Å². The van der Waals surface area contributed by atoms with Gasteiger partial charge in [-0.1, -0.05) is 35.9 Å². The zero-order valence-corrected chi connectivity index (χ0v) is 14.3. The van der Waals surface area contributed by atoms with Gasteiger partial charge in [0.05, 0.1) is 23.5 Å². The second kappa shape index (κ2) is 7.45. The SMILES string of the molecule is COc1ccccc1N1CCN(C(=O)Nc2ccccc2Cl)CC1. The summed E-state index contributed by atoms with van der Waals surface area (Å²) in [6.07, 6.45) is 0. The van der Waals surface area contributed by atoms with Crippen molar-refractivity contribution in [3.8, 4) is 5.75 Å². The highest BCUT2D eigenvalue weighted by molar-refractivity contribution is 6.33. The van der Waals surface area contributed by atoms with Crippen molar-refractivity contribution in [2.45, 2.75) is 0 Å². The van der Waals surface area contributed by atoms with E-state index in [9.17, 15) is 4.79 Å². The minimum Gasteiger partial charge on any atom is -0.495 e. The molecular weight excluding hydrogens is 326 g/mol. The Morgan fingerprint density at radius 1 is 1.04 bits per heavy atom. The van der Waals surface area contributed by atoms with Gasteiger partial charge >= 0.3 is 6.03 Å².